The van der Waals surface area contributed by atoms with E-state index in [1.165, 1.54) is 0 Å². The summed E-state index contributed by atoms with van der Waals surface area (Å²) < 4.78 is 2.08. The van der Waals surface area contributed by atoms with E-state index in [0.29, 0.717) is 31.4 Å². The monoisotopic (exact) mass is 363 g/mol. The van der Waals surface area contributed by atoms with Crippen molar-refractivity contribution >= 4 is 28.5 Å². The number of hydrogen-bond donors (Lipinski definition) is 3. The van der Waals surface area contributed by atoms with Gasteiger partial charge in [-0.3, -0.25) is 14.2 Å². The van der Waals surface area contributed by atoms with Gasteiger partial charge in [0.05, 0.1) is 11.0 Å². The quantitative estimate of drug-likeness (QED) is 0.657. The van der Waals surface area contributed by atoms with Crippen molar-refractivity contribution in [1.29, 1.82) is 0 Å². The number of amides is 2. The van der Waals surface area contributed by atoms with Gasteiger partial charge in [-0.2, -0.15) is 0 Å². The summed E-state index contributed by atoms with van der Waals surface area (Å²) in [5.74, 6) is 0.756. The largest absolute Gasteiger partial charge is 0.355 e. The molecule has 7 heteroatoms. The van der Waals surface area contributed by atoms with Crippen LogP contribution in [0.25, 0.3) is 16.7 Å². The van der Waals surface area contributed by atoms with E-state index in [-0.39, 0.29) is 11.8 Å². The van der Waals surface area contributed by atoms with E-state index in [2.05, 4.69) is 21.3 Å². The van der Waals surface area contributed by atoms with Crippen LogP contribution in [0.2, 0.25) is 0 Å². The highest BCUT2D eigenvalue weighted by Crippen LogP contribution is 2.28. The molecule has 0 saturated heterocycles. The molecule has 27 heavy (non-hydrogen) atoms. The number of aryl methyl sites for hydroxylation is 1. The number of aromatic nitrogens is 2. The summed E-state index contributed by atoms with van der Waals surface area (Å²) in [5, 5.41) is 5.54. The highest BCUT2D eigenvalue weighted by molar-refractivity contribution is 5.97. The Morgan fingerprint density at radius 2 is 2.11 bits per heavy atom. The Hall–Kier alpha value is -3.19. The molecule has 0 atom stereocenters. The number of anilines is 1. The first kappa shape index (κ1) is 17.2. The second kappa shape index (κ2) is 6.85. The number of nitrogens with one attached hydrogen (secondary N) is 2. The lowest BCUT2D eigenvalue weighted by atomic mass is 10.0. The molecule has 4 N–H and O–H groups in total. The summed E-state index contributed by atoms with van der Waals surface area (Å²) in [6, 6.07) is 11.5. The second-order valence-corrected chi connectivity index (χ2v) is 6.57. The normalized spacial score (nSPS) is 13.3. The second-order valence-electron chi connectivity index (χ2n) is 6.57. The number of nitrogens with zero attached hydrogens (tertiary/aromatic N) is 2. The van der Waals surface area contributed by atoms with E-state index in [1.54, 1.807) is 19.2 Å². The van der Waals surface area contributed by atoms with Gasteiger partial charge in [0.1, 0.15) is 5.82 Å². The molecule has 138 valence electrons. The first-order valence-electron chi connectivity index (χ1n) is 8.97. The van der Waals surface area contributed by atoms with Gasteiger partial charge in [0, 0.05) is 36.8 Å². The maximum Gasteiger partial charge on any atom is 0.251 e. The van der Waals surface area contributed by atoms with Gasteiger partial charge in [0.15, 0.2) is 0 Å². The van der Waals surface area contributed by atoms with Crippen molar-refractivity contribution in [2.24, 2.45) is 5.73 Å². The molecular formula is C20H21N5O2. The van der Waals surface area contributed by atoms with Gasteiger partial charge in [0.25, 0.3) is 5.91 Å². The molecule has 1 aromatic heterocycles. The van der Waals surface area contributed by atoms with E-state index in [0.717, 1.165) is 33.8 Å². The highest BCUT2D eigenvalue weighted by atomic mass is 16.2. The van der Waals surface area contributed by atoms with E-state index < -0.39 is 0 Å². The average Bonchev–Trinajstić information content (AvgIpc) is 3.04. The molecular weight excluding hydrogens is 342 g/mol. The van der Waals surface area contributed by atoms with E-state index in [1.807, 2.05) is 18.2 Å². The molecule has 0 spiro atoms. The zero-order chi connectivity index (χ0) is 19.0. The standard InChI is InChI=1S/C20H21N5O2/c1-22-20(27)13-2-6-17-16(11-13)23-18(8-9-21)25(17)14-4-5-15-12(10-14)3-7-19(26)24-15/h2,4-6,10-11H,3,7-9,21H2,1H3,(H,22,27)(H,24,26). The van der Waals surface area contributed by atoms with Crippen molar-refractivity contribution in [3.8, 4) is 5.69 Å². The Kier molecular flexibility index (Phi) is 4.37. The van der Waals surface area contributed by atoms with Gasteiger partial charge < -0.3 is 16.4 Å². The Bertz CT molecular complexity index is 1050. The number of hydrogen-bond acceptors (Lipinski definition) is 4. The molecule has 4 rings (SSSR count). The SMILES string of the molecule is CNC(=O)c1ccc2c(c1)nc(CCN)n2-c1ccc2c(c1)CCC(=O)N2. The average molecular weight is 363 g/mol. The molecule has 2 aromatic carbocycles. The van der Waals surface area contributed by atoms with Crippen LogP contribution in [0, 0.1) is 0 Å². The summed E-state index contributed by atoms with van der Waals surface area (Å²) in [6.07, 6.45) is 1.83. The molecule has 0 radical (unpaired) electrons. The summed E-state index contributed by atoms with van der Waals surface area (Å²) in [5.41, 5.74) is 11.0. The number of fused-ring (bicyclic) bond motifs is 2. The summed E-state index contributed by atoms with van der Waals surface area (Å²) in [4.78, 5) is 28.2. The van der Waals surface area contributed by atoms with Crippen molar-refractivity contribution in [2.45, 2.75) is 19.3 Å². The third-order valence-corrected chi connectivity index (χ3v) is 4.82. The van der Waals surface area contributed by atoms with Gasteiger partial charge in [-0.1, -0.05) is 0 Å². The summed E-state index contributed by atoms with van der Waals surface area (Å²) in [7, 11) is 1.61. The van der Waals surface area contributed by atoms with Crippen LogP contribution >= 0.6 is 0 Å². The third kappa shape index (κ3) is 3.06. The molecule has 7 nitrogen and oxygen atoms in total. The van der Waals surface area contributed by atoms with Crippen molar-refractivity contribution in [1.82, 2.24) is 14.9 Å². The molecule has 0 fully saturated rings. The lowest BCUT2D eigenvalue weighted by Crippen LogP contribution is -2.19. The predicted octanol–water partition coefficient (Wildman–Crippen LogP) is 1.77. The fourth-order valence-corrected chi connectivity index (χ4v) is 3.51. The molecule has 3 aromatic rings. The van der Waals surface area contributed by atoms with Crippen LogP contribution in [0.4, 0.5) is 5.69 Å². The first-order chi connectivity index (χ1) is 13.1. The van der Waals surface area contributed by atoms with Crippen molar-refractivity contribution < 1.29 is 9.59 Å². The van der Waals surface area contributed by atoms with Crippen LogP contribution in [0.3, 0.4) is 0 Å². The first-order valence-corrected chi connectivity index (χ1v) is 8.97. The fourth-order valence-electron chi connectivity index (χ4n) is 3.51. The van der Waals surface area contributed by atoms with Crippen LogP contribution in [0.15, 0.2) is 36.4 Å². The maximum atomic E-state index is 11.9. The molecule has 0 aliphatic carbocycles. The van der Waals surface area contributed by atoms with E-state index in [4.69, 9.17) is 10.7 Å². The highest BCUT2D eigenvalue weighted by Gasteiger charge is 2.18. The number of carbonyl (C=O) groups excluding carboxylic acids is 2. The summed E-state index contributed by atoms with van der Waals surface area (Å²) in [6.45, 7) is 0.479. The molecule has 0 saturated carbocycles. The number of carbonyl (C=O) groups is 2. The van der Waals surface area contributed by atoms with Crippen molar-refractivity contribution in [2.75, 3.05) is 18.9 Å². The van der Waals surface area contributed by atoms with Gasteiger partial charge >= 0.3 is 0 Å². The number of rotatable bonds is 4. The molecule has 2 amide bonds. The minimum absolute atomic E-state index is 0.0499. The molecule has 2 heterocycles. The zero-order valence-corrected chi connectivity index (χ0v) is 15.1. The Morgan fingerprint density at radius 3 is 2.89 bits per heavy atom. The number of benzene rings is 2. The van der Waals surface area contributed by atoms with Crippen molar-refractivity contribution in [3.63, 3.8) is 0 Å². The van der Waals surface area contributed by atoms with Crippen LogP contribution in [0.5, 0.6) is 0 Å². The Morgan fingerprint density at radius 1 is 1.26 bits per heavy atom. The van der Waals surface area contributed by atoms with E-state index in [9.17, 15) is 9.59 Å². The third-order valence-electron chi connectivity index (χ3n) is 4.82. The van der Waals surface area contributed by atoms with Crippen LogP contribution in [-0.4, -0.2) is 35.0 Å². The van der Waals surface area contributed by atoms with Crippen molar-refractivity contribution in [3.05, 3.63) is 53.3 Å². The van der Waals surface area contributed by atoms with E-state index >= 15 is 0 Å². The van der Waals surface area contributed by atoms with Gasteiger partial charge in [-0.15, -0.1) is 0 Å². The predicted molar refractivity (Wildman–Crippen MR) is 104 cm³/mol. The van der Waals surface area contributed by atoms with Gasteiger partial charge in [0.2, 0.25) is 5.91 Å². The number of imidazole rings is 1. The van der Waals surface area contributed by atoms with Crippen LogP contribution in [0.1, 0.15) is 28.2 Å². The molecule has 0 bridgehead atoms. The molecule has 0 unspecified atom stereocenters. The summed E-state index contributed by atoms with van der Waals surface area (Å²) >= 11 is 0. The Labute approximate surface area is 156 Å². The minimum Gasteiger partial charge on any atom is -0.355 e. The van der Waals surface area contributed by atoms with Crippen LogP contribution < -0.4 is 16.4 Å². The fraction of sp³-hybridized carbons (Fsp3) is 0.250. The lowest BCUT2D eigenvalue weighted by molar-refractivity contribution is -0.116. The van der Waals surface area contributed by atoms with Gasteiger partial charge in [-0.05, 0) is 54.9 Å². The van der Waals surface area contributed by atoms with Gasteiger partial charge in [-0.25, -0.2) is 4.98 Å². The zero-order valence-electron chi connectivity index (χ0n) is 15.1. The molecule has 1 aliphatic heterocycles. The lowest BCUT2D eigenvalue weighted by Gasteiger charge is -2.18. The smallest absolute Gasteiger partial charge is 0.251 e. The topological polar surface area (TPSA) is 102 Å². The number of nitrogens with two attached hydrogens (primary N) is 1. The minimum atomic E-state index is -0.142. The Balaban J connectivity index is 1.86. The molecule has 1 aliphatic rings. The maximum absolute atomic E-state index is 11.9. The van der Waals surface area contributed by atoms with Crippen LogP contribution in [-0.2, 0) is 17.6 Å².